The number of hydrogen-bond donors (Lipinski definition) is 0. The largest absolute Gasteiger partial charge is 0.436 e. The zero-order chi connectivity index (χ0) is 16.9. The summed E-state index contributed by atoms with van der Waals surface area (Å²) in [5, 5.41) is 0.310. The lowest BCUT2D eigenvalue weighted by molar-refractivity contribution is 0.112. The van der Waals surface area contributed by atoms with Gasteiger partial charge in [-0.25, -0.2) is 0 Å². The predicted molar refractivity (Wildman–Crippen MR) is 85.4 cm³/mol. The van der Waals surface area contributed by atoms with Crippen LogP contribution in [0.4, 0.5) is 4.39 Å². The molecule has 0 aliphatic heterocycles. The van der Waals surface area contributed by atoms with E-state index < -0.39 is 5.82 Å². The highest BCUT2D eigenvalue weighted by molar-refractivity contribution is 6.32. The lowest BCUT2D eigenvalue weighted by atomic mass is 10.2. The van der Waals surface area contributed by atoms with Gasteiger partial charge < -0.3 is 9.47 Å². The van der Waals surface area contributed by atoms with Crippen molar-refractivity contribution >= 4 is 17.9 Å². The molecule has 0 aliphatic rings. The van der Waals surface area contributed by atoms with Crippen LogP contribution in [0.1, 0.15) is 10.4 Å². The fourth-order valence-electron chi connectivity index (χ4n) is 1.89. The Kier molecular flexibility index (Phi) is 4.67. The lowest BCUT2D eigenvalue weighted by Crippen LogP contribution is -1.99. The van der Waals surface area contributed by atoms with Gasteiger partial charge in [0.05, 0.1) is 10.6 Å². The number of ether oxygens (including phenoxy) is 2. The fourth-order valence-corrected chi connectivity index (χ4v) is 2.06. The van der Waals surface area contributed by atoms with Crippen molar-refractivity contribution in [1.82, 2.24) is 9.97 Å². The molecule has 7 heteroatoms. The SMILES string of the molecule is O=Cc1ccccc1Oc1ncnc(Oc2ccccc2Cl)c1F. The van der Waals surface area contributed by atoms with E-state index in [1.54, 1.807) is 42.5 Å². The number of rotatable bonds is 5. The summed E-state index contributed by atoms with van der Waals surface area (Å²) in [6, 6.07) is 13.0. The molecule has 3 aromatic rings. The normalized spacial score (nSPS) is 10.2. The van der Waals surface area contributed by atoms with Gasteiger partial charge in [-0.05, 0) is 24.3 Å². The fraction of sp³-hybridized carbons (Fsp3) is 0. The van der Waals surface area contributed by atoms with Crippen molar-refractivity contribution in [3.8, 4) is 23.3 Å². The summed E-state index contributed by atoms with van der Waals surface area (Å²) < 4.78 is 25.2. The number of nitrogens with zero attached hydrogens (tertiary/aromatic N) is 2. The van der Waals surface area contributed by atoms with Crippen molar-refractivity contribution in [2.45, 2.75) is 0 Å². The van der Waals surface area contributed by atoms with Crippen molar-refractivity contribution < 1.29 is 18.7 Å². The molecule has 5 nitrogen and oxygen atoms in total. The minimum Gasteiger partial charge on any atom is -0.436 e. The molecule has 0 atom stereocenters. The van der Waals surface area contributed by atoms with Gasteiger partial charge in [0.15, 0.2) is 6.29 Å². The highest BCUT2D eigenvalue weighted by Gasteiger charge is 2.17. The molecular weight excluding hydrogens is 335 g/mol. The number of aromatic nitrogens is 2. The number of aldehydes is 1. The van der Waals surface area contributed by atoms with E-state index in [1.165, 1.54) is 6.07 Å². The van der Waals surface area contributed by atoms with Crippen molar-refractivity contribution in [1.29, 1.82) is 0 Å². The summed E-state index contributed by atoms with van der Waals surface area (Å²) in [6.07, 6.45) is 1.70. The van der Waals surface area contributed by atoms with Crippen LogP contribution in [0.3, 0.4) is 0 Å². The average Bonchev–Trinajstić information content (AvgIpc) is 2.61. The Morgan fingerprint density at radius 3 is 2.17 bits per heavy atom. The summed E-state index contributed by atoms with van der Waals surface area (Å²) in [5.41, 5.74) is 0.268. The molecule has 120 valence electrons. The van der Waals surface area contributed by atoms with Crippen LogP contribution in [0, 0.1) is 5.82 Å². The Hall–Kier alpha value is -2.99. The molecule has 2 aromatic carbocycles. The van der Waals surface area contributed by atoms with Crippen LogP contribution in [-0.2, 0) is 0 Å². The number of hydrogen-bond acceptors (Lipinski definition) is 5. The Morgan fingerprint density at radius 1 is 0.917 bits per heavy atom. The number of carbonyl (C=O) groups is 1. The zero-order valence-electron chi connectivity index (χ0n) is 12.1. The van der Waals surface area contributed by atoms with Crippen LogP contribution in [0.2, 0.25) is 5.02 Å². The molecule has 0 unspecified atom stereocenters. The van der Waals surface area contributed by atoms with Gasteiger partial charge in [-0.15, -0.1) is 0 Å². The van der Waals surface area contributed by atoms with Crippen LogP contribution < -0.4 is 9.47 Å². The molecule has 0 bridgehead atoms. The third-order valence-electron chi connectivity index (χ3n) is 3.02. The summed E-state index contributed by atoms with van der Waals surface area (Å²) in [5.74, 6) is -1.18. The molecule has 0 saturated carbocycles. The minimum absolute atomic E-state index is 0.175. The van der Waals surface area contributed by atoms with Gasteiger partial charge in [0.2, 0.25) is 5.82 Å². The maximum atomic E-state index is 14.5. The third-order valence-corrected chi connectivity index (χ3v) is 3.33. The van der Waals surface area contributed by atoms with E-state index in [0.717, 1.165) is 6.33 Å². The molecule has 0 amide bonds. The van der Waals surface area contributed by atoms with Gasteiger partial charge in [0.1, 0.15) is 17.8 Å². The van der Waals surface area contributed by atoms with Crippen molar-refractivity contribution in [2.75, 3.05) is 0 Å². The third kappa shape index (κ3) is 3.33. The van der Waals surface area contributed by atoms with Gasteiger partial charge in [-0.2, -0.15) is 14.4 Å². The maximum Gasteiger partial charge on any atom is 0.263 e. The molecule has 0 radical (unpaired) electrons. The lowest BCUT2D eigenvalue weighted by Gasteiger charge is -2.10. The van der Waals surface area contributed by atoms with Gasteiger partial charge in [0.25, 0.3) is 11.8 Å². The van der Waals surface area contributed by atoms with Crippen molar-refractivity contribution in [2.24, 2.45) is 0 Å². The summed E-state index contributed by atoms with van der Waals surface area (Å²) in [4.78, 5) is 18.5. The molecule has 0 spiro atoms. The van der Waals surface area contributed by atoms with Crippen LogP contribution in [0.5, 0.6) is 23.3 Å². The number of carbonyl (C=O) groups excluding carboxylic acids is 1. The van der Waals surface area contributed by atoms with E-state index in [1.807, 2.05) is 0 Å². The molecule has 1 heterocycles. The Bertz CT molecular complexity index is 889. The summed E-state index contributed by atoms with van der Waals surface area (Å²) in [7, 11) is 0. The first kappa shape index (κ1) is 15.9. The smallest absolute Gasteiger partial charge is 0.263 e. The van der Waals surface area contributed by atoms with E-state index in [9.17, 15) is 9.18 Å². The highest BCUT2D eigenvalue weighted by atomic mass is 35.5. The first-order valence-electron chi connectivity index (χ1n) is 6.84. The van der Waals surface area contributed by atoms with Crippen molar-refractivity contribution in [3.05, 3.63) is 71.3 Å². The second kappa shape index (κ2) is 7.06. The van der Waals surface area contributed by atoms with Crippen LogP contribution in [0.25, 0.3) is 0 Å². The van der Waals surface area contributed by atoms with Crippen LogP contribution in [0.15, 0.2) is 54.9 Å². The second-order valence-corrected chi connectivity index (χ2v) is 5.00. The molecule has 1 aromatic heterocycles. The first-order valence-corrected chi connectivity index (χ1v) is 7.22. The van der Waals surface area contributed by atoms with Gasteiger partial charge >= 0.3 is 0 Å². The Labute approximate surface area is 141 Å². The quantitative estimate of drug-likeness (QED) is 0.629. The summed E-state index contributed by atoms with van der Waals surface area (Å²) >= 11 is 5.97. The Morgan fingerprint density at radius 2 is 1.50 bits per heavy atom. The van der Waals surface area contributed by atoms with E-state index >= 15 is 0 Å². The first-order chi connectivity index (χ1) is 11.7. The predicted octanol–water partition coefficient (Wildman–Crippen LogP) is 4.67. The maximum absolute atomic E-state index is 14.5. The van der Waals surface area contributed by atoms with Gasteiger partial charge in [-0.3, -0.25) is 4.79 Å². The topological polar surface area (TPSA) is 61.3 Å². The highest BCUT2D eigenvalue weighted by Crippen LogP contribution is 2.33. The molecule has 0 aliphatic carbocycles. The van der Waals surface area contributed by atoms with E-state index in [2.05, 4.69) is 9.97 Å². The number of halogens is 2. The molecule has 0 N–H and O–H groups in total. The van der Waals surface area contributed by atoms with Crippen LogP contribution >= 0.6 is 11.6 Å². The monoisotopic (exact) mass is 344 g/mol. The molecule has 0 saturated heterocycles. The molecule has 3 rings (SSSR count). The zero-order valence-corrected chi connectivity index (χ0v) is 12.9. The van der Waals surface area contributed by atoms with Gasteiger partial charge in [0, 0.05) is 0 Å². The van der Waals surface area contributed by atoms with E-state index in [-0.39, 0.29) is 28.8 Å². The van der Waals surface area contributed by atoms with E-state index in [0.29, 0.717) is 11.3 Å². The van der Waals surface area contributed by atoms with Gasteiger partial charge in [-0.1, -0.05) is 35.9 Å². The average molecular weight is 345 g/mol. The number of benzene rings is 2. The van der Waals surface area contributed by atoms with Crippen LogP contribution in [-0.4, -0.2) is 16.3 Å². The summed E-state index contributed by atoms with van der Waals surface area (Å²) in [6.45, 7) is 0. The Balaban J connectivity index is 1.91. The van der Waals surface area contributed by atoms with Crippen molar-refractivity contribution in [3.63, 3.8) is 0 Å². The minimum atomic E-state index is -0.905. The number of para-hydroxylation sites is 2. The standard InChI is InChI=1S/C17H10ClFN2O3/c18-12-6-2-4-8-14(12)24-17-15(19)16(20-10-21-17)23-13-7-3-1-5-11(13)9-22/h1-10H. The second-order valence-electron chi connectivity index (χ2n) is 4.59. The molecule has 24 heavy (non-hydrogen) atoms. The molecule has 0 fully saturated rings. The molecular formula is C17H10ClFN2O3. The van der Waals surface area contributed by atoms with E-state index in [4.69, 9.17) is 21.1 Å².